The maximum atomic E-state index is 14.2. The average molecular weight is 395 g/mol. The van der Waals surface area contributed by atoms with Crippen LogP contribution in [0.2, 0.25) is 5.02 Å². The number of phenolic OH excluding ortho intramolecular Hbond substituents is 1. The van der Waals surface area contributed by atoms with Crippen molar-refractivity contribution in [3.05, 3.63) is 70.1 Å². The van der Waals surface area contributed by atoms with Crippen LogP contribution < -0.4 is 10.6 Å². The summed E-state index contributed by atoms with van der Waals surface area (Å²) in [6.45, 7) is 0. The minimum Gasteiger partial charge on any atom is -0.506 e. The van der Waals surface area contributed by atoms with Crippen LogP contribution in [0.5, 0.6) is 5.75 Å². The van der Waals surface area contributed by atoms with E-state index in [0.29, 0.717) is 28.3 Å². The zero-order valence-corrected chi connectivity index (χ0v) is 15.0. The number of nitrogens with one attached hydrogen (secondary N) is 2. The maximum absolute atomic E-state index is 14.2. The Morgan fingerprint density at radius 1 is 1.25 bits per heavy atom. The Kier molecular flexibility index (Phi) is 4.34. The van der Waals surface area contributed by atoms with E-state index in [4.69, 9.17) is 16.9 Å². The van der Waals surface area contributed by atoms with Gasteiger partial charge in [-0.15, -0.1) is 0 Å². The van der Waals surface area contributed by atoms with Crippen molar-refractivity contribution in [2.24, 2.45) is 0 Å². The fraction of sp³-hybridized carbons (Fsp3) is 0.0500. The van der Waals surface area contributed by atoms with Gasteiger partial charge in [-0.1, -0.05) is 11.6 Å². The van der Waals surface area contributed by atoms with Gasteiger partial charge in [-0.05, 0) is 35.9 Å². The van der Waals surface area contributed by atoms with Gasteiger partial charge >= 0.3 is 0 Å². The highest BCUT2D eigenvalue weighted by Gasteiger charge is 2.24. The van der Waals surface area contributed by atoms with Crippen LogP contribution in [-0.4, -0.2) is 15.9 Å². The summed E-state index contributed by atoms with van der Waals surface area (Å²) in [7, 11) is 0. The van der Waals surface area contributed by atoms with E-state index < -0.39 is 5.82 Å². The van der Waals surface area contributed by atoms with Crippen molar-refractivity contribution in [2.75, 3.05) is 10.6 Å². The van der Waals surface area contributed by atoms with Gasteiger partial charge in [0, 0.05) is 24.4 Å². The van der Waals surface area contributed by atoms with Crippen LogP contribution in [0.25, 0.3) is 0 Å². The van der Waals surface area contributed by atoms with Crippen LogP contribution in [0, 0.1) is 17.1 Å². The third-order valence-corrected chi connectivity index (χ3v) is 4.68. The number of pyridine rings is 1. The van der Waals surface area contributed by atoms with E-state index >= 15 is 0 Å². The smallest absolute Gasteiger partial charge is 0.173 e. The zero-order valence-electron chi connectivity index (χ0n) is 14.3. The Morgan fingerprint density at radius 3 is 2.86 bits per heavy atom. The number of Topliss-reactive ketones (excluding diaryl/α,β-unsaturated/α-hetero) is 1. The molecule has 2 aromatic carbocycles. The van der Waals surface area contributed by atoms with Crippen molar-refractivity contribution in [1.82, 2.24) is 4.98 Å². The van der Waals surface area contributed by atoms with Crippen molar-refractivity contribution in [3.63, 3.8) is 0 Å². The first-order valence-corrected chi connectivity index (χ1v) is 8.61. The van der Waals surface area contributed by atoms with Crippen molar-refractivity contribution >= 4 is 40.3 Å². The molecule has 0 spiro atoms. The number of ketones is 1. The minimum atomic E-state index is -0.677. The van der Waals surface area contributed by atoms with Crippen LogP contribution >= 0.6 is 11.6 Å². The first kappa shape index (κ1) is 17.8. The Labute approximate surface area is 164 Å². The number of phenols is 1. The lowest BCUT2D eigenvalue weighted by Crippen LogP contribution is -2.08. The number of hydrogen-bond acceptors (Lipinski definition) is 6. The molecule has 0 bridgehead atoms. The SMILES string of the molecule is N#Cc1ccc2c(c1)CC(=O)c1c(Nc3cc(O)c(Cl)cc3F)ccnc1N2. The second-order valence-electron chi connectivity index (χ2n) is 6.20. The molecule has 0 unspecified atom stereocenters. The molecule has 0 fully saturated rings. The molecule has 0 radical (unpaired) electrons. The van der Waals surface area contributed by atoms with E-state index in [1.807, 2.05) is 0 Å². The second kappa shape index (κ2) is 6.83. The van der Waals surface area contributed by atoms with Crippen LogP contribution in [0.4, 0.5) is 27.3 Å². The van der Waals surface area contributed by atoms with Gasteiger partial charge in [-0.2, -0.15) is 5.26 Å². The summed E-state index contributed by atoms with van der Waals surface area (Å²) < 4.78 is 14.2. The quantitative estimate of drug-likeness (QED) is 0.584. The van der Waals surface area contributed by atoms with Gasteiger partial charge in [0.05, 0.1) is 33.6 Å². The minimum absolute atomic E-state index is 0.0309. The fourth-order valence-electron chi connectivity index (χ4n) is 3.04. The number of nitrogens with zero attached hydrogens (tertiary/aromatic N) is 2. The number of fused-ring (bicyclic) bond motifs is 2. The Bertz CT molecular complexity index is 1170. The summed E-state index contributed by atoms with van der Waals surface area (Å²) in [4.78, 5) is 17.1. The van der Waals surface area contributed by atoms with Crippen molar-refractivity contribution in [1.29, 1.82) is 5.26 Å². The molecule has 1 aromatic heterocycles. The number of hydrogen-bond donors (Lipinski definition) is 3. The fourth-order valence-corrected chi connectivity index (χ4v) is 3.19. The van der Waals surface area contributed by atoms with Gasteiger partial charge in [0.15, 0.2) is 5.78 Å². The summed E-state index contributed by atoms with van der Waals surface area (Å²) in [5.41, 5.74) is 2.35. The van der Waals surface area contributed by atoms with Crippen LogP contribution in [0.3, 0.4) is 0 Å². The topological polar surface area (TPSA) is 98.0 Å². The van der Waals surface area contributed by atoms with Gasteiger partial charge in [0.1, 0.15) is 17.4 Å². The first-order chi connectivity index (χ1) is 13.5. The van der Waals surface area contributed by atoms with Crippen LogP contribution in [0.1, 0.15) is 21.5 Å². The monoisotopic (exact) mass is 394 g/mol. The van der Waals surface area contributed by atoms with Gasteiger partial charge in [-0.25, -0.2) is 9.37 Å². The van der Waals surface area contributed by atoms with Crippen LogP contribution in [0.15, 0.2) is 42.6 Å². The molecule has 0 atom stereocenters. The number of carbonyl (C=O) groups excluding carboxylic acids is 1. The van der Waals surface area contributed by atoms with Crippen molar-refractivity contribution in [2.45, 2.75) is 6.42 Å². The summed E-state index contributed by atoms with van der Waals surface area (Å²) in [5, 5.41) is 24.6. The van der Waals surface area contributed by atoms with Gasteiger partial charge in [-0.3, -0.25) is 4.79 Å². The molecule has 8 heteroatoms. The third kappa shape index (κ3) is 3.10. The predicted octanol–water partition coefficient (Wildman–Crippen LogP) is 4.68. The van der Waals surface area contributed by atoms with Gasteiger partial charge in [0.2, 0.25) is 0 Å². The molecule has 3 aromatic rings. The molecule has 138 valence electrons. The van der Waals surface area contributed by atoms with Crippen molar-refractivity contribution < 1.29 is 14.3 Å². The highest BCUT2D eigenvalue weighted by molar-refractivity contribution is 6.32. The molecule has 3 N–H and O–H groups in total. The summed E-state index contributed by atoms with van der Waals surface area (Å²) in [6.07, 6.45) is 1.53. The van der Waals surface area contributed by atoms with E-state index in [2.05, 4.69) is 21.7 Å². The maximum Gasteiger partial charge on any atom is 0.173 e. The second-order valence-corrected chi connectivity index (χ2v) is 6.61. The molecule has 6 nitrogen and oxygen atoms in total. The molecule has 0 amide bonds. The number of carbonyl (C=O) groups is 1. The molecule has 2 heterocycles. The number of anilines is 4. The number of aromatic hydroxyl groups is 1. The predicted molar refractivity (Wildman–Crippen MR) is 103 cm³/mol. The molecule has 1 aliphatic heterocycles. The summed E-state index contributed by atoms with van der Waals surface area (Å²) in [5.74, 6) is -0.890. The Morgan fingerprint density at radius 2 is 2.07 bits per heavy atom. The van der Waals surface area contributed by atoms with E-state index in [1.165, 1.54) is 6.20 Å². The lowest BCUT2D eigenvalue weighted by atomic mass is 10.0. The van der Waals surface area contributed by atoms with E-state index in [9.17, 15) is 14.3 Å². The number of nitriles is 1. The molecule has 0 saturated heterocycles. The number of aromatic nitrogens is 1. The highest BCUT2D eigenvalue weighted by atomic mass is 35.5. The number of benzene rings is 2. The van der Waals surface area contributed by atoms with Crippen molar-refractivity contribution in [3.8, 4) is 11.8 Å². The molecule has 28 heavy (non-hydrogen) atoms. The van der Waals surface area contributed by atoms with E-state index in [1.54, 1.807) is 24.3 Å². The lowest BCUT2D eigenvalue weighted by molar-refractivity contribution is 0.0995. The Balaban J connectivity index is 1.77. The summed E-state index contributed by atoms with van der Waals surface area (Å²) >= 11 is 5.71. The molecule has 1 aliphatic rings. The normalized spacial score (nSPS) is 12.2. The molecular weight excluding hydrogens is 383 g/mol. The number of halogens is 2. The first-order valence-electron chi connectivity index (χ1n) is 8.23. The van der Waals surface area contributed by atoms with Crippen LogP contribution in [-0.2, 0) is 6.42 Å². The lowest BCUT2D eigenvalue weighted by Gasteiger charge is -2.14. The largest absolute Gasteiger partial charge is 0.506 e. The third-order valence-electron chi connectivity index (χ3n) is 4.37. The molecule has 4 rings (SSSR count). The molecule has 0 aliphatic carbocycles. The Hall–Kier alpha value is -3.63. The molecular formula is C20H12ClFN4O2. The van der Waals surface area contributed by atoms with E-state index in [0.717, 1.165) is 12.1 Å². The average Bonchev–Trinajstić information content (AvgIpc) is 2.81. The highest BCUT2D eigenvalue weighted by Crippen LogP contribution is 2.36. The van der Waals surface area contributed by atoms with Gasteiger partial charge < -0.3 is 15.7 Å². The van der Waals surface area contributed by atoms with Gasteiger partial charge in [0.25, 0.3) is 0 Å². The number of rotatable bonds is 2. The molecule has 0 saturated carbocycles. The van der Waals surface area contributed by atoms with E-state index in [-0.39, 0.29) is 34.2 Å². The summed E-state index contributed by atoms with van der Waals surface area (Å²) in [6, 6.07) is 10.7. The zero-order chi connectivity index (χ0) is 19.8. The standard InChI is InChI=1S/C20H12ClFN4O2/c21-12-7-13(22)16(8-17(12)27)25-15-3-4-24-20-19(15)18(28)6-11-5-10(9-23)1-2-14(11)26-20/h1-5,7-8,27H,6H2,(H2,24,25,26).